The van der Waals surface area contributed by atoms with Gasteiger partial charge in [0.2, 0.25) is 0 Å². The molecule has 1 saturated heterocycles. The Morgan fingerprint density at radius 2 is 2.08 bits per heavy atom. The van der Waals surface area contributed by atoms with E-state index >= 15 is 0 Å². The lowest BCUT2D eigenvalue weighted by Crippen LogP contribution is -2.38. The van der Waals surface area contributed by atoms with Crippen LogP contribution in [0.5, 0.6) is 0 Å². The highest BCUT2D eigenvalue weighted by atomic mass is 19.1. The molecule has 0 aliphatic carbocycles. The van der Waals surface area contributed by atoms with Gasteiger partial charge in [-0.2, -0.15) is 0 Å². The van der Waals surface area contributed by atoms with E-state index in [0.717, 1.165) is 35.0 Å². The number of hydrogen-bond donors (Lipinski definition) is 1. The molecule has 1 aliphatic heterocycles. The number of aryl methyl sites for hydroxylation is 1. The van der Waals surface area contributed by atoms with E-state index in [-0.39, 0.29) is 11.7 Å². The summed E-state index contributed by atoms with van der Waals surface area (Å²) >= 11 is 0. The summed E-state index contributed by atoms with van der Waals surface area (Å²) in [7, 11) is 0. The van der Waals surface area contributed by atoms with Gasteiger partial charge in [0.1, 0.15) is 11.5 Å². The van der Waals surface area contributed by atoms with Gasteiger partial charge >= 0.3 is 0 Å². The number of rotatable bonds is 2. The summed E-state index contributed by atoms with van der Waals surface area (Å²) in [5.41, 5.74) is 3.14. The van der Waals surface area contributed by atoms with Crippen LogP contribution in [0.25, 0.3) is 10.9 Å². The molecule has 1 aromatic carbocycles. The maximum absolute atomic E-state index is 13.5. The van der Waals surface area contributed by atoms with Gasteiger partial charge in [-0.1, -0.05) is 0 Å². The first-order valence-electron chi connectivity index (χ1n) is 8.46. The van der Waals surface area contributed by atoms with Gasteiger partial charge in [-0.3, -0.25) is 14.8 Å². The van der Waals surface area contributed by atoms with Crippen molar-refractivity contribution in [2.24, 2.45) is 0 Å². The second-order valence-electron chi connectivity index (χ2n) is 6.51. The second-order valence-corrected chi connectivity index (χ2v) is 6.51. The van der Waals surface area contributed by atoms with Crippen LogP contribution in [0.15, 0.2) is 36.8 Å². The molecule has 3 heterocycles. The number of aromatic nitrogens is 3. The highest BCUT2D eigenvalue weighted by Gasteiger charge is 2.27. The Morgan fingerprint density at radius 3 is 2.80 bits per heavy atom. The molecule has 3 aromatic rings. The van der Waals surface area contributed by atoms with Crippen molar-refractivity contribution in [3.05, 3.63) is 59.6 Å². The molecule has 0 bridgehead atoms. The van der Waals surface area contributed by atoms with Crippen molar-refractivity contribution in [2.45, 2.75) is 25.7 Å². The Balaban J connectivity index is 1.52. The van der Waals surface area contributed by atoms with Crippen molar-refractivity contribution in [1.82, 2.24) is 19.9 Å². The topological polar surface area (TPSA) is 61.9 Å². The third kappa shape index (κ3) is 2.88. The predicted octanol–water partition coefficient (Wildman–Crippen LogP) is 3.43. The lowest BCUT2D eigenvalue weighted by molar-refractivity contribution is 0.0706. The number of halogens is 1. The maximum atomic E-state index is 13.5. The second kappa shape index (κ2) is 6.27. The number of nitrogens with one attached hydrogen (secondary N) is 1. The molecule has 5 nitrogen and oxygen atoms in total. The zero-order valence-corrected chi connectivity index (χ0v) is 14.0. The van der Waals surface area contributed by atoms with Gasteiger partial charge < -0.3 is 9.88 Å². The Labute approximate surface area is 144 Å². The minimum Gasteiger partial charge on any atom is -0.350 e. The molecule has 1 amide bonds. The fraction of sp³-hybridized carbons (Fsp3) is 0.316. The first-order valence-corrected chi connectivity index (χ1v) is 8.46. The Morgan fingerprint density at radius 1 is 1.28 bits per heavy atom. The molecule has 6 heteroatoms. The third-order valence-corrected chi connectivity index (χ3v) is 5.02. The minimum atomic E-state index is -0.293. The van der Waals surface area contributed by atoms with Crippen LogP contribution in [0, 0.1) is 12.7 Å². The van der Waals surface area contributed by atoms with Crippen LogP contribution in [0.1, 0.15) is 40.5 Å². The first kappa shape index (κ1) is 15.7. The normalized spacial score (nSPS) is 15.7. The molecule has 128 valence electrons. The number of aromatic amines is 1. The Kier molecular flexibility index (Phi) is 3.95. The number of hydrogen-bond acceptors (Lipinski definition) is 3. The number of carbonyl (C=O) groups is 1. The van der Waals surface area contributed by atoms with E-state index in [2.05, 4.69) is 15.0 Å². The largest absolute Gasteiger partial charge is 0.350 e. The van der Waals surface area contributed by atoms with Gasteiger partial charge in [0, 0.05) is 48.5 Å². The maximum Gasteiger partial charge on any atom is 0.270 e. The average Bonchev–Trinajstić information content (AvgIpc) is 2.98. The Bertz CT molecular complexity index is 914. The lowest BCUT2D eigenvalue weighted by atomic mass is 9.93. The molecule has 1 N–H and O–H groups in total. The first-order chi connectivity index (χ1) is 12.1. The van der Waals surface area contributed by atoms with E-state index in [9.17, 15) is 9.18 Å². The molecular weight excluding hydrogens is 319 g/mol. The average molecular weight is 338 g/mol. The number of H-pyrrole nitrogens is 1. The van der Waals surface area contributed by atoms with E-state index < -0.39 is 0 Å². The number of carbonyl (C=O) groups excluding carboxylic acids is 1. The predicted molar refractivity (Wildman–Crippen MR) is 92.9 cm³/mol. The molecule has 1 fully saturated rings. The molecule has 25 heavy (non-hydrogen) atoms. The zero-order valence-electron chi connectivity index (χ0n) is 14.0. The molecule has 0 spiro atoms. The van der Waals surface area contributed by atoms with Crippen molar-refractivity contribution in [1.29, 1.82) is 0 Å². The monoisotopic (exact) mass is 338 g/mol. The van der Waals surface area contributed by atoms with E-state index in [0.29, 0.717) is 24.7 Å². The molecule has 2 aromatic heterocycles. The minimum absolute atomic E-state index is 0.0216. The van der Waals surface area contributed by atoms with Crippen molar-refractivity contribution >= 4 is 16.8 Å². The summed E-state index contributed by atoms with van der Waals surface area (Å²) in [6.07, 6.45) is 6.93. The van der Waals surface area contributed by atoms with Crippen LogP contribution in [0.4, 0.5) is 4.39 Å². The molecule has 1 aliphatic rings. The van der Waals surface area contributed by atoms with E-state index in [1.807, 2.05) is 11.8 Å². The number of nitrogens with zero attached hydrogens (tertiary/aromatic N) is 3. The van der Waals surface area contributed by atoms with E-state index in [4.69, 9.17) is 0 Å². The highest BCUT2D eigenvalue weighted by molar-refractivity contribution is 6.00. The van der Waals surface area contributed by atoms with Crippen LogP contribution in [0.2, 0.25) is 0 Å². The van der Waals surface area contributed by atoms with Gasteiger partial charge in [0.05, 0.1) is 5.69 Å². The summed E-state index contributed by atoms with van der Waals surface area (Å²) in [4.78, 5) is 26.4. The summed E-state index contributed by atoms with van der Waals surface area (Å²) in [5.74, 6) is 0.0285. The van der Waals surface area contributed by atoms with Crippen LogP contribution in [0.3, 0.4) is 0 Å². The van der Waals surface area contributed by atoms with Crippen LogP contribution in [-0.2, 0) is 0 Å². The fourth-order valence-corrected chi connectivity index (χ4v) is 3.57. The summed E-state index contributed by atoms with van der Waals surface area (Å²) in [6.45, 7) is 3.23. The van der Waals surface area contributed by atoms with Gasteiger partial charge in [-0.25, -0.2) is 4.39 Å². The number of fused-ring (bicyclic) bond motifs is 1. The fourth-order valence-electron chi connectivity index (χ4n) is 3.57. The van der Waals surface area contributed by atoms with Crippen LogP contribution in [-0.4, -0.2) is 38.8 Å². The van der Waals surface area contributed by atoms with Crippen molar-refractivity contribution in [2.75, 3.05) is 13.1 Å². The molecule has 4 rings (SSSR count). The standard InChI is InChI=1S/C19H19FN4O/c1-12-15-10-14(20)2-3-16(15)23-18(12)19(25)24-8-4-13(5-9-24)17-11-21-6-7-22-17/h2-3,6-7,10-11,13,23H,4-5,8-9H2,1H3. The van der Waals surface area contributed by atoms with Crippen molar-refractivity contribution < 1.29 is 9.18 Å². The van der Waals surface area contributed by atoms with Gasteiger partial charge in [-0.15, -0.1) is 0 Å². The SMILES string of the molecule is Cc1c(C(=O)N2CCC(c3cnccn3)CC2)[nH]c2ccc(F)cc12. The van der Waals surface area contributed by atoms with Gasteiger partial charge in [-0.05, 0) is 43.5 Å². The molecule has 0 unspecified atom stereocenters. The number of likely N-dealkylation sites (tertiary alicyclic amines) is 1. The van der Waals surface area contributed by atoms with E-state index in [1.54, 1.807) is 24.7 Å². The number of piperidine rings is 1. The zero-order chi connectivity index (χ0) is 17.4. The number of amides is 1. The van der Waals surface area contributed by atoms with Crippen LogP contribution < -0.4 is 0 Å². The van der Waals surface area contributed by atoms with Gasteiger partial charge in [0.25, 0.3) is 5.91 Å². The summed E-state index contributed by atoms with van der Waals surface area (Å²) in [6, 6.07) is 4.55. The van der Waals surface area contributed by atoms with Crippen molar-refractivity contribution in [3.63, 3.8) is 0 Å². The molecule has 0 radical (unpaired) electrons. The quantitative estimate of drug-likeness (QED) is 0.779. The smallest absolute Gasteiger partial charge is 0.270 e. The number of benzene rings is 1. The molecule has 0 atom stereocenters. The van der Waals surface area contributed by atoms with Gasteiger partial charge in [0.15, 0.2) is 0 Å². The third-order valence-electron chi connectivity index (χ3n) is 5.02. The Hall–Kier alpha value is -2.76. The van der Waals surface area contributed by atoms with Crippen molar-refractivity contribution in [3.8, 4) is 0 Å². The summed E-state index contributed by atoms with van der Waals surface area (Å²) < 4.78 is 13.5. The highest BCUT2D eigenvalue weighted by Crippen LogP contribution is 2.28. The van der Waals surface area contributed by atoms with Crippen LogP contribution >= 0.6 is 0 Å². The molecular formula is C19H19FN4O. The molecule has 0 saturated carbocycles. The lowest BCUT2D eigenvalue weighted by Gasteiger charge is -2.31. The summed E-state index contributed by atoms with van der Waals surface area (Å²) in [5, 5.41) is 0.762. The van der Waals surface area contributed by atoms with E-state index in [1.165, 1.54) is 12.1 Å².